The van der Waals surface area contributed by atoms with Crippen molar-refractivity contribution in [2.75, 3.05) is 52.8 Å². The first kappa shape index (κ1) is 38.6. The van der Waals surface area contributed by atoms with E-state index in [0.29, 0.717) is 38.0 Å². The Morgan fingerprint density at radius 3 is 2.59 bits per heavy atom. The van der Waals surface area contributed by atoms with Gasteiger partial charge in [-0.15, -0.1) is 0 Å². The number of carboxylic acid groups (broad SMARTS) is 1. The molecule has 0 saturated carbocycles. The Labute approximate surface area is 298 Å². The molecule has 3 aliphatic heterocycles. The van der Waals surface area contributed by atoms with Crippen LogP contribution in [0.4, 0.5) is 9.59 Å². The summed E-state index contributed by atoms with van der Waals surface area (Å²) in [7, 11) is -4.24. The number of benzene rings is 2. The molecule has 3 heterocycles. The van der Waals surface area contributed by atoms with Gasteiger partial charge in [0.15, 0.2) is 17.8 Å². The maximum atomic E-state index is 14.3. The largest absolute Gasteiger partial charge is 0.530 e. The molecule has 0 unspecified atom stereocenters. The van der Waals surface area contributed by atoms with E-state index in [9.17, 15) is 28.2 Å². The first-order valence-corrected chi connectivity index (χ1v) is 18.7. The van der Waals surface area contributed by atoms with Crippen molar-refractivity contribution in [2.24, 2.45) is 11.3 Å². The van der Waals surface area contributed by atoms with Crippen LogP contribution in [0.25, 0.3) is 0 Å². The normalized spacial score (nSPS) is 20.9. The second-order valence-corrected chi connectivity index (χ2v) is 15.8. The Hall–Kier alpha value is -3.67. The molecule has 0 spiro atoms. The second kappa shape index (κ2) is 17.2. The van der Waals surface area contributed by atoms with Crippen LogP contribution in [0.5, 0.6) is 11.5 Å². The predicted molar refractivity (Wildman–Crippen MR) is 180 cm³/mol. The first-order valence-electron chi connectivity index (χ1n) is 17.3. The maximum absolute atomic E-state index is 14.3. The number of sulfonamides is 1. The molecule has 0 aromatic heterocycles. The third-order valence-electron chi connectivity index (χ3n) is 9.45. The third-order valence-corrected chi connectivity index (χ3v) is 11.3. The van der Waals surface area contributed by atoms with Crippen LogP contribution in [0.15, 0.2) is 53.4 Å². The van der Waals surface area contributed by atoms with Gasteiger partial charge in [0.25, 0.3) is 0 Å². The van der Waals surface area contributed by atoms with Crippen molar-refractivity contribution in [3.63, 3.8) is 0 Å². The number of carbonyl (C=O) groups is 2. The molecule has 2 fully saturated rings. The molecule has 16 heteroatoms. The zero-order chi connectivity index (χ0) is 36.6. The molecule has 51 heavy (non-hydrogen) atoms. The number of aliphatic hydroxyl groups is 2. The van der Waals surface area contributed by atoms with Gasteiger partial charge in [0.2, 0.25) is 16.8 Å². The number of ether oxygens (including phenoxy) is 5. The number of alkyl carbamates (subject to hydrolysis) is 1. The molecule has 2 aromatic carbocycles. The third kappa shape index (κ3) is 10.2. The monoisotopic (exact) mass is 734 g/mol. The SMILES string of the molecule is CC(C)(CCCCN(CCO)C(=O)[O-])CN(C[C@@H](O)[C@H](Cc1ccccc1)NC(=O)O[C@H]1CO[C@H]2OCC[C@H]21)S(=O)(=O)c1ccc2c(c1)OCO2. The molecule has 282 valence electrons. The summed E-state index contributed by atoms with van der Waals surface area (Å²) in [5.41, 5.74) is 0.184. The van der Waals surface area contributed by atoms with Crippen molar-refractivity contribution in [1.29, 1.82) is 0 Å². The molecule has 3 aliphatic rings. The van der Waals surface area contributed by atoms with Gasteiger partial charge in [-0.05, 0) is 48.8 Å². The molecule has 0 aliphatic carbocycles. The van der Waals surface area contributed by atoms with Gasteiger partial charge in [-0.2, -0.15) is 4.31 Å². The number of hydrogen-bond acceptors (Lipinski definition) is 12. The first-order chi connectivity index (χ1) is 24.4. The van der Waals surface area contributed by atoms with Crippen molar-refractivity contribution in [3.05, 3.63) is 54.1 Å². The topological polar surface area (TPSA) is 196 Å². The minimum Gasteiger partial charge on any atom is -0.530 e. The van der Waals surface area contributed by atoms with E-state index in [2.05, 4.69) is 5.32 Å². The van der Waals surface area contributed by atoms with E-state index in [1.165, 1.54) is 22.5 Å². The Kier molecular flexibility index (Phi) is 13.0. The number of carbonyl (C=O) groups excluding carboxylic acids is 2. The van der Waals surface area contributed by atoms with Crippen molar-refractivity contribution < 1.29 is 57.0 Å². The Balaban J connectivity index is 1.34. The Morgan fingerprint density at radius 2 is 1.84 bits per heavy atom. The van der Waals surface area contributed by atoms with Gasteiger partial charge in [0.1, 0.15) is 12.2 Å². The van der Waals surface area contributed by atoms with Crippen LogP contribution in [-0.2, 0) is 30.7 Å². The number of amides is 2. The number of aliphatic hydroxyl groups excluding tert-OH is 2. The lowest BCUT2D eigenvalue weighted by Crippen LogP contribution is -2.52. The highest BCUT2D eigenvalue weighted by molar-refractivity contribution is 7.89. The number of nitrogens with zero attached hydrogens (tertiary/aromatic N) is 2. The Bertz CT molecular complexity index is 1580. The second-order valence-electron chi connectivity index (χ2n) is 13.9. The highest BCUT2D eigenvalue weighted by Gasteiger charge is 2.44. The highest BCUT2D eigenvalue weighted by Crippen LogP contribution is 2.36. The van der Waals surface area contributed by atoms with Crippen LogP contribution in [0.3, 0.4) is 0 Å². The number of rotatable bonds is 18. The predicted octanol–water partition coefficient (Wildman–Crippen LogP) is 1.70. The van der Waals surface area contributed by atoms with Crippen LogP contribution < -0.4 is 19.9 Å². The van der Waals surface area contributed by atoms with E-state index in [1.54, 1.807) is 0 Å². The van der Waals surface area contributed by atoms with Crippen molar-refractivity contribution in [3.8, 4) is 11.5 Å². The summed E-state index contributed by atoms with van der Waals surface area (Å²) in [5.74, 6) is 0.617. The van der Waals surface area contributed by atoms with Gasteiger partial charge in [0, 0.05) is 32.2 Å². The van der Waals surface area contributed by atoms with E-state index in [-0.39, 0.29) is 69.2 Å². The van der Waals surface area contributed by atoms with Crippen molar-refractivity contribution in [2.45, 2.75) is 75.4 Å². The highest BCUT2D eigenvalue weighted by atomic mass is 32.2. The summed E-state index contributed by atoms with van der Waals surface area (Å²) in [6, 6.07) is 12.6. The van der Waals surface area contributed by atoms with Crippen LogP contribution in [0.1, 0.15) is 45.1 Å². The van der Waals surface area contributed by atoms with Gasteiger partial charge in [0.05, 0.1) is 42.8 Å². The number of nitrogens with one attached hydrogen (secondary N) is 1. The summed E-state index contributed by atoms with van der Waals surface area (Å²) >= 11 is 0. The average Bonchev–Trinajstić information content (AvgIpc) is 3.84. The maximum Gasteiger partial charge on any atom is 0.407 e. The van der Waals surface area contributed by atoms with Crippen molar-refractivity contribution >= 4 is 22.2 Å². The summed E-state index contributed by atoms with van der Waals surface area (Å²) in [5, 5.41) is 35.1. The van der Waals surface area contributed by atoms with E-state index in [0.717, 1.165) is 10.5 Å². The molecule has 0 bridgehead atoms. The van der Waals surface area contributed by atoms with Crippen LogP contribution in [-0.4, -0.2) is 117 Å². The van der Waals surface area contributed by atoms with Gasteiger partial charge >= 0.3 is 6.09 Å². The van der Waals surface area contributed by atoms with Gasteiger partial charge < -0.3 is 54.0 Å². The zero-order valence-corrected chi connectivity index (χ0v) is 29.8. The number of fused-ring (bicyclic) bond motifs is 2. The lowest BCUT2D eigenvalue weighted by molar-refractivity contribution is -0.266. The van der Waals surface area contributed by atoms with E-state index < -0.39 is 52.2 Å². The molecule has 0 radical (unpaired) electrons. The fourth-order valence-corrected chi connectivity index (χ4v) is 8.33. The molecular weight excluding hydrogens is 686 g/mol. The van der Waals surface area contributed by atoms with Gasteiger partial charge in [-0.25, -0.2) is 13.2 Å². The van der Waals surface area contributed by atoms with E-state index in [4.69, 9.17) is 28.8 Å². The number of unbranched alkanes of at least 4 members (excludes halogenated alkanes) is 1. The summed E-state index contributed by atoms with van der Waals surface area (Å²) in [6.07, 6.45) is -1.99. The lowest BCUT2D eigenvalue weighted by atomic mass is 9.87. The molecule has 3 N–H and O–H groups in total. The van der Waals surface area contributed by atoms with E-state index >= 15 is 0 Å². The van der Waals surface area contributed by atoms with E-state index in [1.807, 2.05) is 44.2 Å². The molecule has 5 rings (SSSR count). The minimum atomic E-state index is -4.24. The summed E-state index contributed by atoms with van der Waals surface area (Å²) in [4.78, 5) is 25.6. The Morgan fingerprint density at radius 1 is 1.08 bits per heavy atom. The van der Waals surface area contributed by atoms with Gasteiger partial charge in [-0.3, -0.25) is 0 Å². The molecule has 15 nitrogen and oxygen atoms in total. The standard InChI is InChI=1S/C35H49N3O12S/c1-35(2,13-6-7-14-37(15-16-39)34(42)43)22-38(51(44,45)25-10-11-29-30(19-25)49-23-48-29)20-28(40)27(18-24-8-4-3-5-9-24)36-33(41)50-31-21-47-32-26(31)12-17-46-32/h3-5,8-11,19,26-28,31-32,39-40H,6-7,12-18,20-23H2,1-2H3,(H,36,41)(H,42,43)/p-1/t26-,27-,28+,31-,32+/m0/s1. The number of hydrogen-bond donors (Lipinski definition) is 3. The average molecular weight is 735 g/mol. The van der Waals surface area contributed by atoms with Gasteiger partial charge in [-0.1, -0.05) is 50.6 Å². The smallest absolute Gasteiger partial charge is 0.407 e. The molecule has 2 amide bonds. The molecule has 5 atom stereocenters. The quantitative estimate of drug-likeness (QED) is 0.188. The fraction of sp³-hybridized carbons (Fsp3) is 0.600. The molecule has 2 saturated heterocycles. The molecular formula is C35H48N3O12S-. The fourth-order valence-electron chi connectivity index (χ4n) is 6.67. The van der Waals surface area contributed by atoms with Crippen LogP contribution >= 0.6 is 0 Å². The zero-order valence-electron chi connectivity index (χ0n) is 29.0. The summed E-state index contributed by atoms with van der Waals surface area (Å²) in [6.45, 7) is 3.88. The van der Waals surface area contributed by atoms with Crippen molar-refractivity contribution in [1.82, 2.24) is 14.5 Å². The van der Waals surface area contributed by atoms with Crippen LogP contribution in [0, 0.1) is 11.3 Å². The molecule has 2 aromatic rings. The van der Waals surface area contributed by atoms with Crippen LogP contribution in [0.2, 0.25) is 0 Å². The summed E-state index contributed by atoms with van der Waals surface area (Å²) < 4.78 is 57.6. The lowest BCUT2D eigenvalue weighted by Gasteiger charge is -2.35. The minimum absolute atomic E-state index is 0.00728.